The van der Waals surface area contributed by atoms with E-state index in [4.69, 9.17) is 5.73 Å². The summed E-state index contributed by atoms with van der Waals surface area (Å²) in [6.07, 6.45) is 1.78. The van der Waals surface area contributed by atoms with Crippen molar-refractivity contribution in [3.05, 3.63) is 75.5 Å². The van der Waals surface area contributed by atoms with Gasteiger partial charge in [0.1, 0.15) is 11.6 Å². The number of H-pyrrole nitrogens is 1. The van der Waals surface area contributed by atoms with E-state index in [0.29, 0.717) is 41.2 Å². The third-order valence-electron chi connectivity index (χ3n) is 4.79. The zero-order valence-corrected chi connectivity index (χ0v) is 15.3. The maximum atomic E-state index is 12.7. The molecule has 1 aliphatic rings. The first-order valence-corrected chi connectivity index (χ1v) is 8.89. The van der Waals surface area contributed by atoms with E-state index < -0.39 is 11.8 Å². The molecule has 0 fully saturated rings. The third kappa shape index (κ3) is 3.45. The predicted octanol–water partition coefficient (Wildman–Crippen LogP) is 0.835. The molecule has 4 N–H and O–H groups in total. The van der Waals surface area contributed by atoms with Gasteiger partial charge in [0.15, 0.2) is 5.69 Å². The number of fused-ring (bicyclic) bond motifs is 1. The number of hydrogen-bond donors (Lipinski definition) is 3. The van der Waals surface area contributed by atoms with E-state index in [2.05, 4.69) is 15.0 Å². The van der Waals surface area contributed by atoms with E-state index in [1.807, 2.05) is 0 Å². The Hall–Kier alpha value is -4.01. The molecule has 3 aromatic rings. The molecule has 2 aromatic heterocycles. The average molecular weight is 391 g/mol. The van der Waals surface area contributed by atoms with Crippen LogP contribution in [0.5, 0.6) is 5.75 Å². The van der Waals surface area contributed by atoms with Gasteiger partial charge in [0, 0.05) is 29.4 Å². The van der Waals surface area contributed by atoms with Crippen molar-refractivity contribution in [3.63, 3.8) is 0 Å². The van der Waals surface area contributed by atoms with Gasteiger partial charge in [-0.3, -0.25) is 14.4 Å². The number of pyridine rings is 1. The molecular weight excluding hydrogens is 374 g/mol. The summed E-state index contributed by atoms with van der Waals surface area (Å²) in [5, 5.41) is 9.89. The fourth-order valence-corrected chi connectivity index (χ4v) is 3.25. The largest absolute Gasteiger partial charge is 0.505 e. The number of amides is 2. The van der Waals surface area contributed by atoms with Crippen molar-refractivity contribution in [1.82, 2.24) is 19.9 Å². The highest BCUT2D eigenvalue weighted by Crippen LogP contribution is 2.22. The van der Waals surface area contributed by atoms with E-state index in [-0.39, 0.29) is 23.5 Å². The summed E-state index contributed by atoms with van der Waals surface area (Å²) in [5.74, 6) is -0.837. The van der Waals surface area contributed by atoms with Gasteiger partial charge in [0.25, 0.3) is 11.5 Å². The van der Waals surface area contributed by atoms with Crippen LogP contribution in [-0.4, -0.2) is 43.3 Å². The van der Waals surface area contributed by atoms with E-state index in [1.165, 1.54) is 23.2 Å². The van der Waals surface area contributed by atoms with E-state index >= 15 is 0 Å². The molecule has 0 saturated carbocycles. The van der Waals surface area contributed by atoms with Crippen LogP contribution < -0.4 is 11.3 Å². The molecule has 3 heterocycles. The van der Waals surface area contributed by atoms with Gasteiger partial charge in [0.05, 0.1) is 12.2 Å². The molecule has 0 radical (unpaired) electrons. The molecule has 0 unspecified atom stereocenters. The van der Waals surface area contributed by atoms with Gasteiger partial charge in [-0.1, -0.05) is 12.1 Å². The number of primary amides is 1. The number of aromatic amines is 1. The van der Waals surface area contributed by atoms with Crippen LogP contribution in [0.15, 0.2) is 47.4 Å². The summed E-state index contributed by atoms with van der Waals surface area (Å²) in [6, 6.07) is 9.32. The smallest absolute Gasteiger partial charge is 0.276 e. The number of carbonyl (C=O) groups is 2. The summed E-state index contributed by atoms with van der Waals surface area (Å²) >= 11 is 0. The lowest BCUT2D eigenvalue weighted by atomic mass is 10.0. The van der Waals surface area contributed by atoms with Gasteiger partial charge < -0.3 is 20.7 Å². The summed E-state index contributed by atoms with van der Waals surface area (Å²) in [6.45, 7) is 0.444. The standard InChI is InChI=1S/C20H17N5O4/c21-17(27)11-3-5-12(6-4-11)18-23-14-10-25(9-7-13(14)19(28)24-18)20(29)16-15(26)2-1-8-22-16/h1-6,8,26H,7,9-10H2,(H2,21,27)(H,23,24,28). The van der Waals surface area contributed by atoms with Crippen LogP contribution in [0.3, 0.4) is 0 Å². The number of aromatic hydroxyl groups is 1. The molecule has 0 aliphatic carbocycles. The summed E-state index contributed by atoms with van der Waals surface area (Å²) in [7, 11) is 0. The number of nitrogens with zero attached hydrogens (tertiary/aromatic N) is 3. The van der Waals surface area contributed by atoms with Crippen molar-refractivity contribution in [2.24, 2.45) is 5.73 Å². The Morgan fingerprint density at radius 3 is 2.62 bits per heavy atom. The Morgan fingerprint density at radius 2 is 1.93 bits per heavy atom. The first-order chi connectivity index (χ1) is 13.9. The third-order valence-corrected chi connectivity index (χ3v) is 4.79. The molecular formula is C20H17N5O4. The fourth-order valence-electron chi connectivity index (χ4n) is 3.25. The minimum Gasteiger partial charge on any atom is -0.505 e. The number of rotatable bonds is 3. The van der Waals surface area contributed by atoms with E-state index in [9.17, 15) is 19.5 Å². The average Bonchev–Trinajstić information content (AvgIpc) is 2.73. The zero-order chi connectivity index (χ0) is 20.5. The molecule has 0 saturated heterocycles. The number of hydrogen-bond acceptors (Lipinski definition) is 6. The van der Waals surface area contributed by atoms with Gasteiger partial charge in [0.2, 0.25) is 5.91 Å². The Labute approximate surface area is 164 Å². The number of nitrogens with two attached hydrogens (primary N) is 1. The van der Waals surface area contributed by atoms with Crippen LogP contribution in [0.2, 0.25) is 0 Å². The second kappa shape index (κ2) is 7.19. The van der Waals surface area contributed by atoms with Crippen molar-refractivity contribution in [3.8, 4) is 17.1 Å². The minimum absolute atomic E-state index is 0.0388. The van der Waals surface area contributed by atoms with Crippen LogP contribution in [0.1, 0.15) is 32.1 Å². The van der Waals surface area contributed by atoms with Crippen molar-refractivity contribution in [2.75, 3.05) is 6.54 Å². The first kappa shape index (κ1) is 18.4. The van der Waals surface area contributed by atoms with Gasteiger partial charge in [-0.15, -0.1) is 0 Å². The second-order valence-corrected chi connectivity index (χ2v) is 6.63. The van der Waals surface area contributed by atoms with Crippen LogP contribution in [0.25, 0.3) is 11.4 Å². The van der Waals surface area contributed by atoms with Crippen molar-refractivity contribution >= 4 is 11.8 Å². The van der Waals surface area contributed by atoms with Crippen molar-refractivity contribution < 1.29 is 14.7 Å². The first-order valence-electron chi connectivity index (χ1n) is 8.89. The molecule has 1 aliphatic heterocycles. The van der Waals surface area contributed by atoms with Crippen molar-refractivity contribution in [1.29, 1.82) is 0 Å². The Bertz CT molecular complexity index is 1170. The van der Waals surface area contributed by atoms with Crippen LogP contribution >= 0.6 is 0 Å². The SMILES string of the molecule is NC(=O)c1ccc(-c2nc3c(c(=O)[nH]2)CCN(C(=O)c2ncccc2O)C3)cc1. The van der Waals surface area contributed by atoms with Crippen LogP contribution in [0, 0.1) is 0 Å². The van der Waals surface area contributed by atoms with E-state index in [1.54, 1.807) is 24.3 Å². The topological polar surface area (TPSA) is 142 Å². The molecule has 9 heteroatoms. The molecule has 0 atom stereocenters. The predicted molar refractivity (Wildman–Crippen MR) is 103 cm³/mol. The summed E-state index contributed by atoms with van der Waals surface area (Å²) in [4.78, 5) is 49.2. The minimum atomic E-state index is -0.546. The quantitative estimate of drug-likeness (QED) is 0.604. The van der Waals surface area contributed by atoms with E-state index in [0.717, 1.165) is 0 Å². The molecule has 146 valence electrons. The number of carbonyl (C=O) groups excluding carboxylic acids is 2. The van der Waals surface area contributed by atoms with Crippen LogP contribution in [0.4, 0.5) is 0 Å². The zero-order valence-electron chi connectivity index (χ0n) is 15.3. The lowest BCUT2D eigenvalue weighted by Gasteiger charge is -2.27. The highest BCUT2D eigenvalue weighted by atomic mass is 16.3. The second-order valence-electron chi connectivity index (χ2n) is 6.63. The van der Waals surface area contributed by atoms with Gasteiger partial charge >= 0.3 is 0 Å². The number of benzene rings is 1. The molecule has 29 heavy (non-hydrogen) atoms. The molecule has 4 rings (SSSR count). The maximum Gasteiger partial charge on any atom is 0.276 e. The maximum absolute atomic E-state index is 12.7. The van der Waals surface area contributed by atoms with Gasteiger partial charge in [-0.2, -0.15) is 0 Å². The highest BCUT2D eigenvalue weighted by Gasteiger charge is 2.27. The van der Waals surface area contributed by atoms with Gasteiger partial charge in [-0.05, 0) is 30.7 Å². The van der Waals surface area contributed by atoms with Gasteiger partial charge in [-0.25, -0.2) is 9.97 Å². The highest BCUT2D eigenvalue weighted by molar-refractivity contribution is 5.95. The Morgan fingerprint density at radius 1 is 1.17 bits per heavy atom. The number of nitrogens with one attached hydrogen (secondary N) is 1. The van der Waals surface area contributed by atoms with Crippen molar-refractivity contribution in [2.45, 2.75) is 13.0 Å². The van der Waals surface area contributed by atoms with Crippen LogP contribution in [-0.2, 0) is 13.0 Å². The Kier molecular flexibility index (Phi) is 4.55. The summed E-state index contributed by atoms with van der Waals surface area (Å²) < 4.78 is 0. The lowest BCUT2D eigenvalue weighted by Crippen LogP contribution is -2.39. The number of aromatic nitrogens is 3. The molecule has 1 aromatic carbocycles. The molecule has 9 nitrogen and oxygen atoms in total. The fraction of sp³-hybridized carbons (Fsp3) is 0.150. The molecule has 0 spiro atoms. The Balaban J connectivity index is 1.65. The molecule has 2 amide bonds. The monoisotopic (exact) mass is 391 g/mol. The lowest BCUT2D eigenvalue weighted by molar-refractivity contribution is 0.0721. The summed E-state index contributed by atoms with van der Waals surface area (Å²) in [5.41, 5.74) is 6.91. The molecule has 0 bridgehead atoms. The normalized spacial score (nSPS) is 13.0.